The fourth-order valence-corrected chi connectivity index (χ4v) is 3.33. The molecule has 0 unspecified atom stereocenters. The minimum absolute atomic E-state index is 0. The molecule has 0 spiro atoms. The van der Waals surface area contributed by atoms with Crippen LogP contribution in [0.4, 0.5) is 0 Å². The third-order valence-corrected chi connectivity index (χ3v) is 4.79. The number of guanidine groups is 1. The molecule has 0 radical (unpaired) electrons. The number of aromatic nitrogens is 1. The second-order valence-electron chi connectivity index (χ2n) is 4.46. The first-order valence-electron chi connectivity index (χ1n) is 6.59. The van der Waals surface area contributed by atoms with Gasteiger partial charge in [-0.3, -0.25) is 4.99 Å². The summed E-state index contributed by atoms with van der Waals surface area (Å²) in [6.07, 6.45) is 3.00. The first kappa shape index (κ1) is 18.4. The van der Waals surface area contributed by atoms with Gasteiger partial charge in [0, 0.05) is 31.7 Å². The molecule has 2 heterocycles. The van der Waals surface area contributed by atoms with E-state index in [1.807, 2.05) is 20.3 Å². The molecule has 0 aliphatic carbocycles. The molecule has 0 aromatic carbocycles. The number of aliphatic imine (C=N–C) groups is 1. The second-order valence-corrected chi connectivity index (χ2v) is 6.44. The lowest BCUT2D eigenvalue weighted by atomic mass is 10.3. The standard InChI is InChI=1S/C14H20N4S2.HI/c1-4-12-7-16-13(20-12)8-17-14(15-2)18(3)9-11-5-6-19-10-11;/h5-7,10H,4,8-9H2,1-3H3,(H,15,17);1H. The molecule has 0 atom stereocenters. The first-order valence-corrected chi connectivity index (χ1v) is 8.35. The van der Waals surface area contributed by atoms with Gasteiger partial charge in [-0.15, -0.1) is 35.3 Å². The van der Waals surface area contributed by atoms with Gasteiger partial charge in [0.25, 0.3) is 0 Å². The van der Waals surface area contributed by atoms with Crippen LogP contribution in [0.25, 0.3) is 0 Å². The van der Waals surface area contributed by atoms with E-state index in [9.17, 15) is 0 Å². The summed E-state index contributed by atoms with van der Waals surface area (Å²) in [5.41, 5.74) is 1.31. The first-order chi connectivity index (χ1) is 9.72. The maximum absolute atomic E-state index is 4.41. The van der Waals surface area contributed by atoms with Gasteiger partial charge < -0.3 is 10.2 Å². The van der Waals surface area contributed by atoms with E-state index in [1.54, 1.807) is 22.7 Å². The van der Waals surface area contributed by atoms with Gasteiger partial charge in [0.15, 0.2) is 5.96 Å². The highest BCUT2D eigenvalue weighted by Crippen LogP contribution is 2.13. The van der Waals surface area contributed by atoms with Crippen molar-refractivity contribution in [3.05, 3.63) is 38.5 Å². The van der Waals surface area contributed by atoms with Gasteiger partial charge in [0.05, 0.1) is 6.54 Å². The van der Waals surface area contributed by atoms with E-state index in [4.69, 9.17) is 0 Å². The number of thiophene rings is 1. The molecular formula is C14H21IN4S2. The summed E-state index contributed by atoms with van der Waals surface area (Å²) in [6, 6.07) is 2.14. The van der Waals surface area contributed by atoms with E-state index in [0.29, 0.717) is 0 Å². The van der Waals surface area contributed by atoms with Gasteiger partial charge in [0.2, 0.25) is 0 Å². The van der Waals surface area contributed by atoms with Gasteiger partial charge in [-0.2, -0.15) is 11.3 Å². The van der Waals surface area contributed by atoms with Crippen molar-refractivity contribution < 1.29 is 0 Å². The van der Waals surface area contributed by atoms with Gasteiger partial charge in [-0.1, -0.05) is 6.92 Å². The molecule has 0 saturated carbocycles. The smallest absolute Gasteiger partial charge is 0.194 e. The Morgan fingerprint density at radius 2 is 2.29 bits per heavy atom. The molecule has 4 nitrogen and oxygen atoms in total. The zero-order chi connectivity index (χ0) is 14.4. The number of nitrogens with zero attached hydrogens (tertiary/aromatic N) is 3. The van der Waals surface area contributed by atoms with E-state index in [0.717, 1.165) is 30.5 Å². The molecule has 0 aliphatic rings. The van der Waals surface area contributed by atoms with Crippen molar-refractivity contribution in [1.82, 2.24) is 15.2 Å². The van der Waals surface area contributed by atoms with Crippen LogP contribution >= 0.6 is 46.7 Å². The molecule has 2 aromatic heterocycles. The lowest BCUT2D eigenvalue weighted by Gasteiger charge is -2.21. The number of halogens is 1. The Bertz CT molecular complexity index is 551. The molecule has 0 saturated heterocycles. The minimum atomic E-state index is 0. The van der Waals surface area contributed by atoms with Gasteiger partial charge in [-0.25, -0.2) is 4.98 Å². The van der Waals surface area contributed by atoms with E-state index in [2.05, 4.69) is 43.9 Å². The van der Waals surface area contributed by atoms with Crippen molar-refractivity contribution >= 4 is 52.6 Å². The monoisotopic (exact) mass is 436 g/mol. The zero-order valence-corrected chi connectivity index (χ0v) is 16.5. The average Bonchev–Trinajstić information content (AvgIpc) is 3.10. The summed E-state index contributed by atoms with van der Waals surface area (Å²) in [6.45, 7) is 3.74. The van der Waals surface area contributed by atoms with Crippen LogP contribution in [0.2, 0.25) is 0 Å². The summed E-state index contributed by atoms with van der Waals surface area (Å²) >= 11 is 3.48. The highest BCUT2D eigenvalue weighted by Gasteiger charge is 2.08. The third-order valence-electron chi connectivity index (χ3n) is 2.92. The van der Waals surface area contributed by atoms with Gasteiger partial charge in [-0.05, 0) is 28.8 Å². The van der Waals surface area contributed by atoms with Gasteiger partial charge >= 0.3 is 0 Å². The van der Waals surface area contributed by atoms with Crippen LogP contribution in [0.3, 0.4) is 0 Å². The number of thiazole rings is 1. The fourth-order valence-electron chi connectivity index (χ4n) is 1.86. The van der Waals surface area contributed by atoms with Crippen LogP contribution in [0.1, 0.15) is 22.4 Å². The summed E-state index contributed by atoms with van der Waals surface area (Å²) in [4.78, 5) is 12.2. The largest absolute Gasteiger partial charge is 0.350 e. The molecule has 2 aromatic rings. The Morgan fingerprint density at radius 3 is 2.86 bits per heavy atom. The van der Waals surface area contributed by atoms with Crippen molar-refractivity contribution in [1.29, 1.82) is 0 Å². The van der Waals surface area contributed by atoms with E-state index < -0.39 is 0 Å². The van der Waals surface area contributed by atoms with Crippen LogP contribution in [-0.4, -0.2) is 29.9 Å². The quantitative estimate of drug-likeness (QED) is 0.443. The molecular weight excluding hydrogens is 415 g/mol. The Labute approximate surface area is 151 Å². The van der Waals surface area contributed by atoms with Crippen molar-refractivity contribution in [2.45, 2.75) is 26.4 Å². The molecule has 0 amide bonds. The van der Waals surface area contributed by atoms with E-state index in [-0.39, 0.29) is 24.0 Å². The highest BCUT2D eigenvalue weighted by molar-refractivity contribution is 14.0. The van der Waals surface area contributed by atoms with Crippen molar-refractivity contribution in [3.63, 3.8) is 0 Å². The summed E-state index contributed by atoms with van der Waals surface area (Å²) < 4.78 is 0. The molecule has 7 heteroatoms. The maximum Gasteiger partial charge on any atom is 0.194 e. The maximum atomic E-state index is 4.41. The third kappa shape index (κ3) is 5.55. The predicted octanol–water partition coefficient (Wildman–Crippen LogP) is 3.59. The number of hydrogen-bond acceptors (Lipinski definition) is 4. The molecule has 1 N–H and O–H groups in total. The Morgan fingerprint density at radius 1 is 1.48 bits per heavy atom. The van der Waals surface area contributed by atoms with Crippen LogP contribution in [0, 0.1) is 0 Å². The highest BCUT2D eigenvalue weighted by atomic mass is 127. The summed E-state index contributed by atoms with van der Waals surface area (Å²) in [5, 5.41) is 8.73. The van der Waals surface area contributed by atoms with Crippen LogP contribution in [0.5, 0.6) is 0 Å². The topological polar surface area (TPSA) is 40.5 Å². The van der Waals surface area contributed by atoms with Crippen molar-refractivity contribution in [3.8, 4) is 0 Å². The number of nitrogens with one attached hydrogen (secondary N) is 1. The molecule has 116 valence electrons. The lowest BCUT2D eigenvalue weighted by molar-refractivity contribution is 0.477. The number of hydrogen-bond donors (Lipinski definition) is 1. The average molecular weight is 436 g/mol. The van der Waals surface area contributed by atoms with Crippen LogP contribution in [-0.2, 0) is 19.5 Å². The summed E-state index contributed by atoms with van der Waals surface area (Å²) in [7, 11) is 3.86. The van der Waals surface area contributed by atoms with Gasteiger partial charge in [0.1, 0.15) is 5.01 Å². The minimum Gasteiger partial charge on any atom is -0.350 e. The molecule has 21 heavy (non-hydrogen) atoms. The van der Waals surface area contributed by atoms with E-state index >= 15 is 0 Å². The molecule has 0 bridgehead atoms. The SMILES string of the molecule is CCc1cnc(CNC(=NC)N(C)Cc2ccsc2)s1.I. The van der Waals surface area contributed by atoms with Crippen LogP contribution in [0.15, 0.2) is 28.0 Å². The fraction of sp³-hybridized carbons (Fsp3) is 0.429. The van der Waals surface area contributed by atoms with Crippen molar-refractivity contribution in [2.75, 3.05) is 14.1 Å². The predicted molar refractivity (Wildman–Crippen MR) is 103 cm³/mol. The number of aryl methyl sites for hydroxylation is 1. The molecule has 2 rings (SSSR count). The normalized spacial score (nSPS) is 11.1. The lowest BCUT2D eigenvalue weighted by Crippen LogP contribution is -2.37. The second kappa shape index (κ2) is 9.37. The molecule has 0 aliphatic heterocycles. The zero-order valence-electron chi connectivity index (χ0n) is 12.5. The summed E-state index contributed by atoms with van der Waals surface area (Å²) in [5.74, 6) is 0.893. The van der Waals surface area contributed by atoms with Crippen LogP contribution < -0.4 is 5.32 Å². The van der Waals surface area contributed by atoms with E-state index in [1.165, 1.54) is 10.4 Å². The Kier molecular flexibility index (Phi) is 8.20. The molecule has 0 fully saturated rings. The van der Waals surface area contributed by atoms with Crippen molar-refractivity contribution in [2.24, 2.45) is 4.99 Å². The Hall–Kier alpha value is -0.670. The Balaban J connectivity index is 0.00000220. The number of rotatable bonds is 5.